The van der Waals surface area contributed by atoms with Gasteiger partial charge in [0.15, 0.2) is 0 Å². The van der Waals surface area contributed by atoms with E-state index >= 15 is 0 Å². The molecule has 192 valence electrons. The molecular weight excluding hydrogens is 460 g/mol. The predicted molar refractivity (Wildman–Crippen MR) is 146 cm³/mol. The molecule has 1 heterocycles. The second-order valence-corrected chi connectivity index (χ2v) is 10.1. The Bertz CT molecular complexity index is 1090. The summed E-state index contributed by atoms with van der Waals surface area (Å²) < 4.78 is 0. The van der Waals surface area contributed by atoms with E-state index in [4.69, 9.17) is 11.6 Å². The zero-order chi connectivity index (χ0) is 25.7. The Morgan fingerprint density at radius 3 is 2.20 bits per heavy atom. The van der Waals surface area contributed by atoms with Crippen LogP contribution in [0.2, 0.25) is 5.02 Å². The molecule has 3 rings (SSSR count). The van der Waals surface area contributed by atoms with E-state index in [1.165, 1.54) is 12.8 Å². The summed E-state index contributed by atoms with van der Waals surface area (Å²) >= 11 is 6.53. The molecule has 1 saturated carbocycles. The van der Waals surface area contributed by atoms with Crippen LogP contribution >= 0.6 is 11.6 Å². The second kappa shape index (κ2) is 12.1. The van der Waals surface area contributed by atoms with Crippen LogP contribution in [0.3, 0.4) is 0 Å². The second-order valence-electron chi connectivity index (χ2n) is 9.69. The monoisotopic (exact) mass is 500 g/mol. The van der Waals surface area contributed by atoms with Crippen LogP contribution in [0, 0.1) is 20.8 Å². The maximum Gasteiger partial charge on any atom is 0.253 e. The molecule has 0 bridgehead atoms. The van der Waals surface area contributed by atoms with Gasteiger partial charge in [-0.2, -0.15) is 0 Å². The molecule has 1 fully saturated rings. The number of aromatic amines is 1. The number of pyridine rings is 1. The lowest BCUT2D eigenvalue weighted by atomic mass is 9.88. The van der Waals surface area contributed by atoms with Crippen molar-refractivity contribution in [2.45, 2.75) is 85.9 Å². The van der Waals surface area contributed by atoms with E-state index in [0.29, 0.717) is 28.2 Å². The summed E-state index contributed by atoms with van der Waals surface area (Å²) in [6, 6.07) is 6.73. The number of carbonyl (C=O) groups is 1. The number of aryl methyl sites for hydroxylation is 2. The normalized spacial score (nSPS) is 18.1. The number of benzene rings is 1. The van der Waals surface area contributed by atoms with Crippen molar-refractivity contribution in [3.05, 3.63) is 61.5 Å². The number of carbonyl (C=O) groups excluding carboxylic acids is 1. The lowest BCUT2D eigenvalue weighted by molar-refractivity contribution is 0.0950. The van der Waals surface area contributed by atoms with Crippen LogP contribution in [-0.2, 0) is 6.54 Å². The van der Waals surface area contributed by atoms with Gasteiger partial charge in [0.1, 0.15) is 0 Å². The van der Waals surface area contributed by atoms with Crippen molar-refractivity contribution in [1.29, 1.82) is 0 Å². The van der Waals surface area contributed by atoms with Gasteiger partial charge in [-0.05, 0) is 95.8 Å². The number of H-pyrrole nitrogens is 1. The molecule has 2 N–H and O–H groups in total. The molecule has 6 nitrogen and oxygen atoms in total. The molecule has 0 spiro atoms. The Kier molecular flexibility index (Phi) is 9.42. The quantitative estimate of drug-likeness (QED) is 0.486. The smallest absolute Gasteiger partial charge is 0.253 e. The lowest BCUT2D eigenvalue weighted by Crippen LogP contribution is -2.44. The standard InChI is InChI=1S/C28H41ClN4O2/c1-7-32(8-2)22-10-12-23(13-11-22)33(9-3)26-16-21(29)15-24(20(26)6)27(34)30-17-25-18(4)14-19(5)31-28(25)35/h14-16,22-23H,7-13,17H2,1-6H3,(H,30,34)(H,31,35). The van der Waals surface area contributed by atoms with Crippen molar-refractivity contribution < 1.29 is 4.79 Å². The number of rotatable bonds is 9. The van der Waals surface area contributed by atoms with Gasteiger partial charge in [-0.3, -0.25) is 9.59 Å². The number of halogens is 1. The first-order valence-electron chi connectivity index (χ1n) is 13.0. The van der Waals surface area contributed by atoms with Crippen LogP contribution in [-0.4, -0.2) is 47.5 Å². The maximum absolute atomic E-state index is 13.2. The van der Waals surface area contributed by atoms with Crippen LogP contribution in [0.4, 0.5) is 5.69 Å². The number of nitrogens with one attached hydrogen (secondary N) is 2. The van der Waals surface area contributed by atoms with Crippen LogP contribution in [0.1, 0.15) is 79.2 Å². The number of hydrogen-bond acceptors (Lipinski definition) is 4. The van der Waals surface area contributed by atoms with Gasteiger partial charge in [0.05, 0.1) is 0 Å². The zero-order valence-electron chi connectivity index (χ0n) is 22.1. The largest absolute Gasteiger partial charge is 0.369 e. The summed E-state index contributed by atoms with van der Waals surface area (Å²) in [4.78, 5) is 33.4. The van der Waals surface area contributed by atoms with Gasteiger partial charge in [-0.1, -0.05) is 25.4 Å². The first-order chi connectivity index (χ1) is 16.7. The highest BCUT2D eigenvalue weighted by Gasteiger charge is 2.29. The van der Waals surface area contributed by atoms with Crippen LogP contribution in [0.5, 0.6) is 0 Å². The minimum Gasteiger partial charge on any atom is -0.369 e. The first-order valence-corrected chi connectivity index (χ1v) is 13.4. The molecule has 0 unspecified atom stereocenters. The molecule has 35 heavy (non-hydrogen) atoms. The summed E-state index contributed by atoms with van der Waals surface area (Å²) in [7, 11) is 0. The molecule has 1 aliphatic rings. The van der Waals surface area contributed by atoms with Crippen molar-refractivity contribution >= 4 is 23.2 Å². The van der Waals surface area contributed by atoms with Crippen molar-refractivity contribution in [2.24, 2.45) is 0 Å². The van der Waals surface area contributed by atoms with Gasteiger partial charge in [0, 0.05) is 52.7 Å². The van der Waals surface area contributed by atoms with E-state index in [9.17, 15) is 9.59 Å². The van der Waals surface area contributed by atoms with Gasteiger partial charge >= 0.3 is 0 Å². The van der Waals surface area contributed by atoms with Gasteiger partial charge in [-0.25, -0.2) is 0 Å². The lowest BCUT2D eigenvalue weighted by Gasteiger charge is -2.41. The first kappa shape index (κ1) is 27.3. The van der Waals surface area contributed by atoms with Crippen LogP contribution in [0.25, 0.3) is 0 Å². The van der Waals surface area contributed by atoms with Gasteiger partial charge < -0.3 is 20.1 Å². The Morgan fingerprint density at radius 1 is 1.00 bits per heavy atom. The average Bonchev–Trinajstić information content (AvgIpc) is 2.82. The highest BCUT2D eigenvalue weighted by molar-refractivity contribution is 6.31. The predicted octanol–water partition coefficient (Wildman–Crippen LogP) is 5.36. The summed E-state index contributed by atoms with van der Waals surface area (Å²) in [5, 5.41) is 3.49. The number of aromatic nitrogens is 1. The minimum absolute atomic E-state index is 0.163. The fourth-order valence-electron chi connectivity index (χ4n) is 5.66. The van der Waals surface area contributed by atoms with E-state index < -0.39 is 0 Å². The number of hydrogen-bond donors (Lipinski definition) is 2. The van der Waals surface area contributed by atoms with Crippen LogP contribution in [0.15, 0.2) is 23.0 Å². The third-order valence-electron chi connectivity index (χ3n) is 7.60. The van der Waals surface area contributed by atoms with Gasteiger partial charge in [-0.15, -0.1) is 0 Å². The number of amides is 1. The number of nitrogens with zero attached hydrogens (tertiary/aromatic N) is 2. The molecule has 2 aromatic rings. The van der Waals surface area contributed by atoms with E-state index in [0.717, 1.165) is 55.0 Å². The molecular formula is C28H41ClN4O2. The molecule has 1 amide bonds. The third kappa shape index (κ3) is 6.28. The molecule has 0 saturated heterocycles. The van der Waals surface area contributed by atoms with E-state index in [-0.39, 0.29) is 18.0 Å². The fourth-order valence-corrected chi connectivity index (χ4v) is 5.88. The minimum atomic E-state index is -0.216. The molecule has 1 aromatic heterocycles. The SMILES string of the molecule is CCN(CC)C1CCC(N(CC)c2cc(Cl)cc(C(=O)NCc3c(C)cc(C)[nH]c3=O)c2C)CC1. The summed E-state index contributed by atoms with van der Waals surface area (Å²) in [5.74, 6) is -0.216. The zero-order valence-corrected chi connectivity index (χ0v) is 22.9. The molecule has 0 aliphatic heterocycles. The van der Waals surface area contributed by atoms with Crippen molar-refractivity contribution in [3.8, 4) is 0 Å². The fraction of sp³-hybridized carbons (Fsp3) is 0.571. The maximum atomic E-state index is 13.2. The number of anilines is 1. The molecule has 1 aromatic carbocycles. The Balaban J connectivity index is 1.79. The third-order valence-corrected chi connectivity index (χ3v) is 7.81. The molecule has 0 atom stereocenters. The average molecular weight is 501 g/mol. The molecule has 1 aliphatic carbocycles. The highest BCUT2D eigenvalue weighted by atomic mass is 35.5. The summed E-state index contributed by atoms with van der Waals surface area (Å²) in [5.41, 5.74) is 4.60. The van der Waals surface area contributed by atoms with Crippen LogP contribution < -0.4 is 15.8 Å². The van der Waals surface area contributed by atoms with Crippen molar-refractivity contribution in [3.63, 3.8) is 0 Å². The Morgan fingerprint density at radius 2 is 1.63 bits per heavy atom. The van der Waals surface area contributed by atoms with E-state index in [1.807, 2.05) is 32.9 Å². The van der Waals surface area contributed by atoms with Crippen molar-refractivity contribution in [1.82, 2.24) is 15.2 Å². The molecule has 7 heteroatoms. The van der Waals surface area contributed by atoms with Gasteiger partial charge in [0.25, 0.3) is 11.5 Å². The Hall–Kier alpha value is -2.31. The van der Waals surface area contributed by atoms with E-state index in [1.54, 1.807) is 6.07 Å². The van der Waals surface area contributed by atoms with Crippen molar-refractivity contribution in [2.75, 3.05) is 24.5 Å². The topological polar surface area (TPSA) is 68.4 Å². The Labute approximate surface area is 215 Å². The molecule has 0 radical (unpaired) electrons. The van der Waals surface area contributed by atoms with E-state index in [2.05, 4.69) is 40.9 Å². The highest BCUT2D eigenvalue weighted by Crippen LogP contribution is 2.34. The summed E-state index contributed by atoms with van der Waals surface area (Å²) in [6.07, 6.45) is 4.66. The van der Waals surface area contributed by atoms with Gasteiger partial charge in [0.2, 0.25) is 0 Å². The summed E-state index contributed by atoms with van der Waals surface area (Å²) in [6.45, 7) is 15.6.